The highest BCUT2D eigenvalue weighted by Crippen LogP contribution is 2.32. The summed E-state index contributed by atoms with van der Waals surface area (Å²) in [5, 5.41) is 20.4. The number of imidazole rings is 1. The molecule has 0 aliphatic heterocycles. The highest BCUT2D eigenvalue weighted by atomic mass is 19.4. The number of benzene rings is 1. The first-order valence-corrected chi connectivity index (χ1v) is 6.13. The van der Waals surface area contributed by atoms with E-state index in [2.05, 4.69) is 9.72 Å². The number of fused-ring (bicyclic) bond motifs is 1. The largest absolute Gasteiger partial charge is 0.449 e. The minimum absolute atomic E-state index is 0.0491. The molecule has 0 bridgehead atoms. The van der Waals surface area contributed by atoms with Crippen molar-refractivity contribution >= 4 is 16.7 Å². The van der Waals surface area contributed by atoms with Crippen LogP contribution in [0.25, 0.3) is 11.0 Å². The van der Waals surface area contributed by atoms with E-state index in [0.29, 0.717) is 0 Å². The zero-order valence-electron chi connectivity index (χ0n) is 11.4. The third-order valence-electron chi connectivity index (χ3n) is 2.95. The van der Waals surface area contributed by atoms with E-state index >= 15 is 0 Å². The molecule has 1 aromatic carbocycles. The Balaban J connectivity index is 2.57. The maximum Gasteiger partial charge on any atom is 0.449 e. The number of hydrogen-bond acceptors (Lipinski definition) is 5. The molecule has 0 fully saturated rings. The summed E-state index contributed by atoms with van der Waals surface area (Å²) in [6.45, 7) is -0.541. The molecule has 22 heavy (non-hydrogen) atoms. The summed E-state index contributed by atoms with van der Waals surface area (Å²) in [4.78, 5) is 13.4. The number of nitrogens with zero attached hydrogens (tertiary/aromatic N) is 3. The summed E-state index contributed by atoms with van der Waals surface area (Å²) < 4.78 is 44.6. The van der Waals surface area contributed by atoms with Crippen LogP contribution in [0.15, 0.2) is 18.2 Å². The molecule has 120 valence electrons. The number of ether oxygens (including phenoxy) is 1. The second kappa shape index (κ2) is 5.89. The minimum atomic E-state index is -4.75. The smallest absolute Gasteiger partial charge is 0.389 e. The lowest BCUT2D eigenvalue weighted by Gasteiger charge is -2.15. The van der Waals surface area contributed by atoms with E-state index in [-0.39, 0.29) is 23.3 Å². The van der Waals surface area contributed by atoms with Crippen LogP contribution in [0.1, 0.15) is 5.82 Å². The fourth-order valence-corrected chi connectivity index (χ4v) is 2.09. The summed E-state index contributed by atoms with van der Waals surface area (Å²) in [5.74, 6) is -1.22. The Hall–Kier alpha value is -2.20. The minimum Gasteiger partial charge on any atom is -0.389 e. The van der Waals surface area contributed by atoms with Gasteiger partial charge in [-0.3, -0.25) is 10.1 Å². The van der Waals surface area contributed by atoms with Crippen LogP contribution >= 0.6 is 0 Å². The lowest BCUT2D eigenvalue weighted by molar-refractivity contribution is -0.384. The molecule has 0 amide bonds. The van der Waals surface area contributed by atoms with Crippen molar-refractivity contribution in [2.75, 3.05) is 13.7 Å². The first-order valence-electron chi connectivity index (χ1n) is 6.13. The fourth-order valence-electron chi connectivity index (χ4n) is 2.09. The van der Waals surface area contributed by atoms with Gasteiger partial charge in [0.15, 0.2) is 0 Å². The lowest BCUT2D eigenvalue weighted by Crippen LogP contribution is -2.25. The first kappa shape index (κ1) is 16.2. The van der Waals surface area contributed by atoms with E-state index in [1.807, 2.05) is 0 Å². The predicted molar refractivity (Wildman–Crippen MR) is 69.3 cm³/mol. The monoisotopic (exact) mass is 319 g/mol. The number of nitro groups is 1. The standard InChI is InChI=1S/C12H12F3N3O4/c1-22-6-8(19)5-17-10-3-2-7(18(20)21)4-9(10)16-11(17)12(13,14)15/h2-4,8,19H,5-6H2,1H3. The highest BCUT2D eigenvalue weighted by molar-refractivity contribution is 5.79. The fraction of sp³-hybridized carbons (Fsp3) is 0.417. The maximum atomic E-state index is 13.1. The van der Waals surface area contributed by atoms with Gasteiger partial charge in [0.2, 0.25) is 5.82 Å². The number of hydrogen-bond donors (Lipinski definition) is 1. The van der Waals surface area contributed by atoms with Crippen molar-refractivity contribution < 1.29 is 27.9 Å². The molecule has 1 aromatic heterocycles. The van der Waals surface area contributed by atoms with E-state index < -0.39 is 29.6 Å². The van der Waals surface area contributed by atoms with Crippen LogP contribution in [0.5, 0.6) is 0 Å². The predicted octanol–water partition coefficient (Wildman–Crippen LogP) is 1.97. The van der Waals surface area contributed by atoms with Crippen LogP contribution in [0.4, 0.5) is 18.9 Å². The van der Waals surface area contributed by atoms with E-state index in [1.54, 1.807) is 0 Å². The molecule has 0 aliphatic carbocycles. The molecule has 0 aliphatic rings. The lowest BCUT2D eigenvalue weighted by atomic mass is 10.2. The molecule has 2 aromatic rings. The highest BCUT2D eigenvalue weighted by Gasteiger charge is 2.38. The molecule has 10 heteroatoms. The number of halogens is 3. The number of alkyl halides is 3. The van der Waals surface area contributed by atoms with Crippen molar-refractivity contribution in [3.63, 3.8) is 0 Å². The molecule has 1 atom stereocenters. The van der Waals surface area contributed by atoms with Crippen molar-refractivity contribution in [2.45, 2.75) is 18.8 Å². The van der Waals surface area contributed by atoms with Crippen molar-refractivity contribution in [3.8, 4) is 0 Å². The average molecular weight is 319 g/mol. The second-order valence-corrected chi connectivity index (χ2v) is 4.58. The number of aliphatic hydroxyl groups excluding tert-OH is 1. The normalized spacial score (nSPS) is 13.5. The topological polar surface area (TPSA) is 90.4 Å². The van der Waals surface area contributed by atoms with Crippen molar-refractivity contribution in [1.82, 2.24) is 9.55 Å². The first-order chi connectivity index (χ1) is 10.2. The molecular formula is C12H12F3N3O4. The number of non-ortho nitro benzene ring substituents is 1. The molecule has 0 spiro atoms. The molecule has 0 saturated carbocycles. The molecule has 1 unspecified atom stereocenters. The summed E-state index contributed by atoms with van der Waals surface area (Å²) in [5.41, 5.74) is -0.470. The van der Waals surface area contributed by atoms with Crippen LogP contribution in [-0.4, -0.2) is 39.4 Å². The van der Waals surface area contributed by atoms with Gasteiger partial charge < -0.3 is 14.4 Å². The van der Waals surface area contributed by atoms with Gasteiger partial charge in [-0.15, -0.1) is 0 Å². The molecule has 1 heterocycles. The quantitative estimate of drug-likeness (QED) is 0.672. The zero-order valence-corrected chi connectivity index (χ0v) is 11.4. The van der Waals surface area contributed by atoms with Crippen molar-refractivity contribution in [3.05, 3.63) is 34.1 Å². The van der Waals surface area contributed by atoms with Gasteiger partial charge in [-0.05, 0) is 6.07 Å². The Bertz CT molecular complexity index is 699. The second-order valence-electron chi connectivity index (χ2n) is 4.58. The van der Waals surface area contributed by atoms with Gasteiger partial charge in [0, 0.05) is 19.2 Å². The van der Waals surface area contributed by atoms with Crippen LogP contribution in [0.3, 0.4) is 0 Å². The molecule has 0 saturated heterocycles. The molecular weight excluding hydrogens is 307 g/mol. The van der Waals surface area contributed by atoms with Gasteiger partial charge in [0.05, 0.1) is 35.2 Å². The van der Waals surface area contributed by atoms with E-state index in [4.69, 9.17) is 0 Å². The summed E-state index contributed by atoms with van der Waals surface area (Å²) in [6.07, 6.45) is -5.92. The number of nitro benzene ring substituents is 1. The van der Waals surface area contributed by atoms with Crippen LogP contribution < -0.4 is 0 Å². The Morgan fingerprint density at radius 1 is 1.50 bits per heavy atom. The Kier molecular flexibility index (Phi) is 4.33. The average Bonchev–Trinajstić information content (AvgIpc) is 2.77. The Morgan fingerprint density at radius 3 is 2.73 bits per heavy atom. The summed E-state index contributed by atoms with van der Waals surface area (Å²) in [7, 11) is 1.31. The molecule has 2 rings (SSSR count). The number of methoxy groups -OCH3 is 1. The van der Waals surface area contributed by atoms with Crippen LogP contribution in [-0.2, 0) is 17.5 Å². The van der Waals surface area contributed by atoms with Crippen molar-refractivity contribution in [2.24, 2.45) is 0 Å². The Labute approximate surface area is 122 Å². The van der Waals surface area contributed by atoms with Gasteiger partial charge in [-0.25, -0.2) is 4.98 Å². The van der Waals surface area contributed by atoms with Gasteiger partial charge in [-0.2, -0.15) is 13.2 Å². The van der Waals surface area contributed by atoms with E-state index in [0.717, 1.165) is 16.7 Å². The third-order valence-corrected chi connectivity index (χ3v) is 2.95. The Morgan fingerprint density at radius 2 is 2.18 bits per heavy atom. The van der Waals surface area contributed by atoms with Crippen LogP contribution in [0, 0.1) is 10.1 Å². The third kappa shape index (κ3) is 3.17. The van der Waals surface area contributed by atoms with Gasteiger partial charge in [-0.1, -0.05) is 0 Å². The summed E-state index contributed by atoms with van der Waals surface area (Å²) >= 11 is 0. The number of aromatic nitrogens is 2. The van der Waals surface area contributed by atoms with Gasteiger partial charge >= 0.3 is 6.18 Å². The van der Waals surface area contributed by atoms with Gasteiger partial charge in [0.25, 0.3) is 5.69 Å². The van der Waals surface area contributed by atoms with E-state index in [1.165, 1.54) is 13.2 Å². The summed E-state index contributed by atoms with van der Waals surface area (Å²) in [6, 6.07) is 3.22. The van der Waals surface area contributed by atoms with Crippen molar-refractivity contribution in [1.29, 1.82) is 0 Å². The number of rotatable bonds is 5. The zero-order chi connectivity index (χ0) is 16.5. The van der Waals surface area contributed by atoms with Crippen LogP contribution in [0.2, 0.25) is 0 Å². The molecule has 0 radical (unpaired) electrons. The number of aliphatic hydroxyl groups is 1. The molecule has 7 nitrogen and oxygen atoms in total. The SMILES string of the molecule is COCC(O)Cn1c(C(F)(F)F)nc2cc([N+](=O)[O-])ccc21. The van der Waals surface area contributed by atoms with Gasteiger partial charge in [0.1, 0.15) is 0 Å². The van der Waals surface area contributed by atoms with E-state index in [9.17, 15) is 28.4 Å². The molecule has 1 N–H and O–H groups in total. The maximum absolute atomic E-state index is 13.1.